The van der Waals surface area contributed by atoms with E-state index in [1.807, 2.05) is 18.2 Å². The van der Waals surface area contributed by atoms with Gasteiger partial charge in [0.25, 0.3) is 0 Å². The summed E-state index contributed by atoms with van der Waals surface area (Å²) >= 11 is 0. The van der Waals surface area contributed by atoms with E-state index in [1.165, 1.54) is 18.4 Å². The Morgan fingerprint density at radius 3 is 2.64 bits per heavy atom. The quantitative estimate of drug-likeness (QED) is 0.860. The Balaban J connectivity index is 0.00000182. The first-order chi connectivity index (χ1) is 11.7. The Hall–Kier alpha value is -1.59. The summed E-state index contributed by atoms with van der Waals surface area (Å²) in [6.45, 7) is 0.816. The van der Waals surface area contributed by atoms with Crippen LogP contribution in [0.2, 0.25) is 0 Å². The lowest BCUT2D eigenvalue weighted by atomic mass is 9.89. The van der Waals surface area contributed by atoms with Crippen LogP contribution in [0.3, 0.4) is 0 Å². The van der Waals surface area contributed by atoms with Crippen molar-refractivity contribution in [1.82, 2.24) is 10.6 Å². The third kappa shape index (κ3) is 3.98. The van der Waals surface area contributed by atoms with Crippen LogP contribution >= 0.6 is 12.4 Å². The molecule has 2 amide bonds. The van der Waals surface area contributed by atoms with Gasteiger partial charge in [0, 0.05) is 30.7 Å². The minimum absolute atomic E-state index is 0. The highest BCUT2D eigenvalue weighted by atomic mass is 35.5. The molecule has 2 bridgehead atoms. The van der Waals surface area contributed by atoms with Crippen molar-refractivity contribution >= 4 is 29.9 Å². The molecule has 0 aliphatic carbocycles. The number of benzene rings is 1. The molecule has 5 nitrogen and oxygen atoms in total. The number of nitrogens with one attached hydrogen (secondary N) is 2. The van der Waals surface area contributed by atoms with Gasteiger partial charge in [-0.3, -0.25) is 9.59 Å². The number of hydrogen-bond acceptors (Lipinski definition) is 3. The summed E-state index contributed by atoms with van der Waals surface area (Å²) in [4.78, 5) is 26.4. The number of piperidine rings is 1. The molecule has 25 heavy (non-hydrogen) atoms. The summed E-state index contributed by atoms with van der Waals surface area (Å²) in [7, 11) is 0. The number of hydrogen-bond donors (Lipinski definition) is 2. The Morgan fingerprint density at radius 2 is 1.88 bits per heavy atom. The van der Waals surface area contributed by atoms with Gasteiger partial charge in [0.05, 0.1) is 6.54 Å². The van der Waals surface area contributed by atoms with Crippen molar-refractivity contribution in [2.75, 3.05) is 18.0 Å². The molecule has 3 aliphatic rings. The van der Waals surface area contributed by atoms with E-state index in [0.29, 0.717) is 31.0 Å². The molecule has 0 aromatic heterocycles. The normalized spacial score (nSPS) is 26.7. The number of carbonyl (C=O) groups excluding carboxylic acids is 2. The fourth-order valence-corrected chi connectivity index (χ4v) is 4.54. The first kappa shape index (κ1) is 18.2. The lowest BCUT2D eigenvalue weighted by molar-refractivity contribution is -0.125. The SMILES string of the molecule is Cl.O=C(CC1CC2CCC(C1)N2)NCC(=O)N1CCc2ccccc21. The van der Waals surface area contributed by atoms with E-state index in [1.54, 1.807) is 4.90 Å². The van der Waals surface area contributed by atoms with Crippen molar-refractivity contribution in [1.29, 1.82) is 0 Å². The van der Waals surface area contributed by atoms with E-state index in [4.69, 9.17) is 0 Å². The van der Waals surface area contributed by atoms with E-state index in [-0.39, 0.29) is 30.8 Å². The number of halogens is 1. The zero-order chi connectivity index (χ0) is 16.5. The van der Waals surface area contributed by atoms with Gasteiger partial charge in [0.2, 0.25) is 11.8 Å². The highest BCUT2D eigenvalue weighted by Crippen LogP contribution is 2.32. The predicted molar refractivity (Wildman–Crippen MR) is 100 cm³/mol. The molecule has 4 rings (SSSR count). The molecule has 2 atom stereocenters. The number of nitrogens with zero attached hydrogens (tertiary/aromatic N) is 1. The van der Waals surface area contributed by atoms with E-state index in [2.05, 4.69) is 16.7 Å². The van der Waals surface area contributed by atoms with Crippen LogP contribution < -0.4 is 15.5 Å². The van der Waals surface area contributed by atoms with Crippen molar-refractivity contribution in [3.63, 3.8) is 0 Å². The van der Waals surface area contributed by atoms with E-state index >= 15 is 0 Å². The molecule has 2 saturated heterocycles. The van der Waals surface area contributed by atoms with Crippen LogP contribution in [-0.4, -0.2) is 37.0 Å². The second kappa shape index (κ2) is 7.75. The average molecular weight is 364 g/mol. The molecule has 0 spiro atoms. The van der Waals surface area contributed by atoms with Gasteiger partial charge in [0.1, 0.15) is 0 Å². The molecular weight excluding hydrogens is 338 g/mol. The standard InChI is InChI=1S/C19H25N3O2.ClH/c23-18(11-13-9-15-5-6-16(10-13)21-15)20-12-19(24)22-8-7-14-3-1-2-4-17(14)22;/h1-4,13,15-16,21H,5-12H2,(H,20,23);1H. The number of carbonyl (C=O) groups is 2. The minimum atomic E-state index is -0.0151. The molecule has 2 unspecified atom stereocenters. The zero-order valence-electron chi connectivity index (χ0n) is 14.4. The third-order valence-corrected chi connectivity index (χ3v) is 5.67. The van der Waals surface area contributed by atoms with Crippen LogP contribution in [0.25, 0.3) is 0 Å². The first-order valence-electron chi connectivity index (χ1n) is 9.10. The number of rotatable bonds is 4. The van der Waals surface area contributed by atoms with Crippen molar-refractivity contribution < 1.29 is 9.59 Å². The summed E-state index contributed by atoms with van der Waals surface area (Å²) in [6, 6.07) is 9.20. The molecule has 3 heterocycles. The van der Waals surface area contributed by atoms with Gasteiger partial charge in [-0.25, -0.2) is 0 Å². The van der Waals surface area contributed by atoms with Crippen LogP contribution in [0, 0.1) is 5.92 Å². The Labute approximate surface area is 154 Å². The Morgan fingerprint density at radius 1 is 1.16 bits per heavy atom. The van der Waals surface area contributed by atoms with Crippen LogP contribution in [0.5, 0.6) is 0 Å². The van der Waals surface area contributed by atoms with Crippen molar-refractivity contribution in [3.8, 4) is 0 Å². The molecule has 6 heteroatoms. The van der Waals surface area contributed by atoms with Gasteiger partial charge in [-0.15, -0.1) is 12.4 Å². The molecule has 2 N–H and O–H groups in total. The summed E-state index contributed by atoms with van der Waals surface area (Å²) in [5, 5.41) is 6.43. The lowest BCUT2D eigenvalue weighted by Crippen LogP contribution is -2.42. The van der Waals surface area contributed by atoms with Gasteiger partial charge in [0.15, 0.2) is 0 Å². The minimum Gasteiger partial charge on any atom is -0.347 e. The van der Waals surface area contributed by atoms with Crippen molar-refractivity contribution in [3.05, 3.63) is 29.8 Å². The maximum Gasteiger partial charge on any atom is 0.246 e. The number of anilines is 1. The summed E-state index contributed by atoms with van der Waals surface area (Å²) < 4.78 is 0. The highest BCUT2D eigenvalue weighted by Gasteiger charge is 2.34. The van der Waals surface area contributed by atoms with E-state index < -0.39 is 0 Å². The number of para-hydroxylation sites is 1. The molecular formula is C19H26ClN3O2. The van der Waals surface area contributed by atoms with Gasteiger partial charge in [-0.2, -0.15) is 0 Å². The van der Waals surface area contributed by atoms with E-state index in [0.717, 1.165) is 24.9 Å². The highest BCUT2D eigenvalue weighted by molar-refractivity contribution is 5.98. The Bertz CT molecular complexity index is 639. The second-order valence-corrected chi connectivity index (χ2v) is 7.38. The Kier molecular flexibility index (Phi) is 5.64. The monoisotopic (exact) mass is 363 g/mol. The summed E-state index contributed by atoms with van der Waals surface area (Å²) in [5.74, 6) is 0.465. The fourth-order valence-electron chi connectivity index (χ4n) is 4.54. The van der Waals surface area contributed by atoms with Gasteiger partial charge < -0.3 is 15.5 Å². The molecule has 3 aliphatic heterocycles. The van der Waals surface area contributed by atoms with Gasteiger partial charge in [-0.05, 0) is 49.7 Å². The molecule has 136 valence electrons. The molecule has 0 radical (unpaired) electrons. The van der Waals surface area contributed by atoms with Crippen molar-refractivity contribution in [2.45, 2.75) is 50.6 Å². The molecule has 1 aromatic rings. The van der Waals surface area contributed by atoms with Crippen LogP contribution in [-0.2, 0) is 16.0 Å². The average Bonchev–Trinajstić information content (AvgIpc) is 3.16. The van der Waals surface area contributed by atoms with Gasteiger partial charge in [-0.1, -0.05) is 18.2 Å². The second-order valence-electron chi connectivity index (χ2n) is 7.38. The maximum atomic E-state index is 12.4. The zero-order valence-corrected chi connectivity index (χ0v) is 15.2. The number of amides is 2. The fraction of sp³-hybridized carbons (Fsp3) is 0.579. The molecule has 1 aromatic carbocycles. The largest absolute Gasteiger partial charge is 0.347 e. The molecule has 2 fully saturated rings. The number of fused-ring (bicyclic) bond motifs is 3. The summed E-state index contributed by atoms with van der Waals surface area (Å²) in [5.41, 5.74) is 2.20. The van der Waals surface area contributed by atoms with Crippen molar-refractivity contribution in [2.24, 2.45) is 5.92 Å². The third-order valence-electron chi connectivity index (χ3n) is 5.67. The summed E-state index contributed by atoms with van der Waals surface area (Å²) in [6.07, 6.45) is 6.13. The first-order valence-corrected chi connectivity index (χ1v) is 9.10. The topological polar surface area (TPSA) is 61.4 Å². The van der Waals surface area contributed by atoms with Crippen LogP contribution in [0.1, 0.15) is 37.7 Å². The maximum absolute atomic E-state index is 12.4. The van der Waals surface area contributed by atoms with Crippen LogP contribution in [0.4, 0.5) is 5.69 Å². The smallest absolute Gasteiger partial charge is 0.246 e. The van der Waals surface area contributed by atoms with E-state index in [9.17, 15) is 9.59 Å². The van der Waals surface area contributed by atoms with Gasteiger partial charge >= 0.3 is 0 Å². The van der Waals surface area contributed by atoms with Crippen LogP contribution in [0.15, 0.2) is 24.3 Å². The predicted octanol–water partition coefficient (Wildman–Crippen LogP) is 2.03. The lowest BCUT2D eigenvalue weighted by Gasteiger charge is -2.28. The molecule has 0 saturated carbocycles.